The Bertz CT molecular complexity index is 1080. The van der Waals surface area contributed by atoms with Gasteiger partial charge in [0.2, 0.25) is 11.5 Å². The van der Waals surface area contributed by atoms with Crippen molar-refractivity contribution in [2.24, 2.45) is 0 Å². The zero-order valence-corrected chi connectivity index (χ0v) is 29.0. The normalized spacial score (nSPS) is 13.0. The Labute approximate surface area is 283 Å². The largest absolute Gasteiger partial charge is 0.493 e. The first-order valence-electron chi connectivity index (χ1n) is 14.3. The molecule has 1 aliphatic rings. The van der Waals surface area contributed by atoms with E-state index in [9.17, 15) is 9.59 Å². The molecule has 2 aromatic carbocycles. The van der Waals surface area contributed by atoms with Gasteiger partial charge in [0.05, 0.1) is 67.0 Å². The van der Waals surface area contributed by atoms with Crippen LogP contribution in [0.25, 0.3) is 0 Å². The van der Waals surface area contributed by atoms with Gasteiger partial charge in [-0.05, 0) is 56.6 Å². The summed E-state index contributed by atoms with van der Waals surface area (Å²) in [5.74, 6) is 1.58. The zero-order valence-electron chi connectivity index (χ0n) is 27.4. The van der Waals surface area contributed by atoms with Gasteiger partial charge in [0.25, 0.3) is 0 Å². The summed E-state index contributed by atoms with van der Waals surface area (Å²) in [5.41, 5.74) is 0.683. The Kier molecular flexibility index (Phi) is 20.6. The lowest BCUT2D eigenvalue weighted by molar-refractivity contribution is 0.0475. The fourth-order valence-corrected chi connectivity index (χ4v) is 4.94. The van der Waals surface area contributed by atoms with E-state index in [-0.39, 0.29) is 30.3 Å². The summed E-state index contributed by atoms with van der Waals surface area (Å²) in [4.78, 5) is 30.0. The molecule has 262 valence electrons. The molecule has 0 unspecified atom stereocenters. The fraction of sp³-hybridized carbons (Fsp3) is 0.548. The van der Waals surface area contributed by atoms with E-state index in [1.165, 1.54) is 42.7 Å². The Balaban J connectivity index is 0.00000675. The van der Waals surface area contributed by atoms with Crippen molar-refractivity contribution >= 4 is 36.8 Å². The summed E-state index contributed by atoms with van der Waals surface area (Å²) in [6.07, 6.45) is 2.50. The number of methoxy groups -OCH3 is 6. The van der Waals surface area contributed by atoms with E-state index in [2.05, 4.69) is 9.80 Å². The highest BCUT2D eigenvalue weighted by Crippen LogP contribution is 2.39. The monoisotopic (exact) mass is 694 g/mol. The van der Waals surface area contributed by atoms with E-state index in [4.69, 9.17) is 37.9 Å². The lowest BCUT2D eigenvalue weighted by Crippen LogP contribution is -2.32. The molecule has 2 N–H and O–H groups in total. The number of hydrogen-bond acceptors (Lipinski definition) is 12. The molecular formula is C31H48Cl2N2O11. The number of rotatable bonds is 16. The van der Waals surface area contributed by atoms with Crippen LogP contribution in [0.5, 0.6) is 34.5 Å². The second-order valence-corrected chi connectivity index (χ2v) is 9.84. The van der Waals surface area contributed by atoms with Crippen LogP contribution in [0.3, 0.4) is 0 Å². The number of halogens is 2. The second kappa shape index (κ2) is 22.2. The van der Waals surface area contributed by atoms with Crippen molar-refractivity contribution < 1.29 is 53.0 Å². The van der Waals surface area contributed by atoms with E-state index < -0.39 is 11.9 Å². The quantitative estimate of drug-likeness (QED) is 0.187. The number of benzene rings is 2. The third-order valence-electron chi connectivity index (χ3n) is 7.19. The van der Waals surface area contributed by atoms with Gasteiger partial charge < -0.3 is 53.2 Å². The molecule has 0 aliphatic carbocycles. The van der Waals surface area contributed by atoms with Crippen LogP contribution in [-0.2, 0) is 9.47 Å². The van der Waals surface area contributed by atoms with Gasteiger partial charge in [0.15, 0.2) is 23.0 Å². The van der Waals surface area contributed by atoms with E-state index in [0.29, 0.717) is 58.8 Å². The average Bonchev–Trinajstić information content (AvgIpc) is 3.28. The maximum absolute atomic E-state index is 12.6. The highest BCUT2D eigenvalue weighted by atomic mass is 35.5. The predicted molar refractivity (Wildman–Crippen MR) is 178 cm³/mol. The Morgan fingerprint density at radius 2 is 0.891 bits per heavy atom. The van der Waals surface area contributed by atoms with Crippen molar-refractivity contribution in [3.05, 3.63) is 35.4 Å². The molecule has 0 saturated carbocycles. The van der Waals surface area contributed by atoms with Crippen LogP contribution in [0.1, 0.15) is 40.0 Å². The standard InChI is InChI=1S/C31H44N2O10.2ClH.H2O/c1-36-24-18-22(19-25(37-2)28(24)40-5)30(34)42-16-8-12-32-10-7-11-33(15-14-32)13-9-17-43-31(35)23-20-26(38-3)29(41-6)27(21-23)39-4;;;/h18-21H,7-17H2,1-6H3;2*1H;1H2. The summed E-state index contributed by atoms with van der Waals surface area (Å²) < 4.78 is 42.9. The van der Waals surface area contributed by atoms with Crippen molar-refractivity contribution in [3.63, 3.8) is 0 Å². The highest BCUT2D eigenvalue weighted by molar-refractivity contribution is 5.91. The first kappa shape index (κ1) is 42.6. The summed E-state index contributed by atoms with van der Waals surface area (Å²) in [7, 11) is 9.04. The fourth-order valence-electron chi connectivity index (χ4n) is 4.94. The van der Waals surface area contributed by atoms with Gasteiger partial charge in [-0.25, -0.2) is 9.59 Å². The molecule has 1 heterocycles. The van der Waals surface area contributed by atoms with Gasteiger partial charge in [-0.3, -0.25) is 0 Å². The van der Waals surface area contributed by atoms with Gasteiger partial charge in [0.1, 0.15) is 0 Å². The minimum Gasteiger partial charge on any atom is -0.493 e. The number of ether oxygens (including phenoxy) is 8. The average molecular weight is 696 g/mol. The number of carbonyl (C=O) groups excluding carboxylic acids is 2. The molecule has 0 spiro atoms. The summed E-state index contributed by atoms with van der Waals surface area (Å²) >= 11 is 0. The van der Waals surface area contributed by atoms with E-state index in [1.54, 1.807) is 24.3 Å². The molecule has 1 fully saturated rings. The van der Waals surface area contributed by atoms with Crippen LogP contribution in [0.2, 0.25) is 0 Å². The summed E-state index contributed by atoms with van der Waals surface area (Å²) in [6, 6.07) is 6.34. The van der Waals surface area contributed by atoms with Crippen molar-refractivity contribution in [1.29, 1.82) is 0 Å². The van der Waals surface area contributed by atoms with Gasteiger partial charge >= 0.3 is 11.9 Å². The molecule has 1 saturated heterocycles. The van der Waals surface area contributed by atoms with Crippen molar-refractivity contribution in [3.8, 4) is 34.5 Å². The second-order valence-electron chi connectivity index (χ2n) is 9.84. The van der Waals surface area contributed by atoms with Crippen LogP contribution in [0.15, 0.2) is 24.3 Å². The molecule has 3 rings (SSSR count). The Morgan fingerprint density at radius 1 is 0.565 bits per heavy atom. The first-order valence-corrected chi connectivity index (χ1v) is 14.3. The Hall–Kier alpha value is -3.36. The predicted octanol–water partition coefficient (Wildman–Crippen LogP) is 3.56. The van der Waals surface area contributed by atoms with Gasteiger partial charge in [-0.2, -0.15) is 0 Å². The molecule has 0 radical (unpaired) electrons. The van der Waals surface area contributed by atoms with Crippen LogP contribution in [0, 0.1) is 0 Å². The minimum absolute atomic E-state index is 0. The van der Waals surface area contributed by atoms with Crippen LogP contribution in [0.4, 0.5) is 0 Å². The third-order valence-corrected chi connectivity index (χ3v) is 7.19. The van der Waals surface area contributed by atoms with Crippen molar-refractivity contribution in [2.75, 3.05) is 95.1 Å². The van der Waals surface area contributed by atoms with Crippen LogP contribution >= 0.6 is 24.8 Å². The molecule has 0 bridgehead atoms. The maximum Gasteiger partial charge on any atom is 0.338 e. The smallest absolute Gasteiger partial charge is 0.338 e. The third kappa shape index (κ3) is 11.8. The van der Waals surface area contributed by atoms with Crippen LogP contribution < -0.4 is 28.4 Å². The molecule has 15 heteroatoms. The molecule has 13 nitrogen and oxygen atoms in total. The number of esters is 2. The molecular weight excluding hydrogens is 647 g/mol. The SMILES string of the molecule is COc1cc(C(=O)OCCCN2CCCN(CCCOC(=O)c3cc(OC)c(OC)c(OC)c3)CC2)cc(OC)c1OC.Cl.Cl.O. The number of carbonyl (C=O) groups is 2. The molecule has 1 aliphatic heterocycles. The number of nitrogens with zero attached hydrogens (tertiary/aromatic N) is 2. The van der Waals surface area contributed by atoms with Crippen LogP contribution in [-0.4, -0.2) is 122 Å². The van der Waals surface area contributed by atoms with Crippen molar-refractivity contribution in [2.45, 2.75) is 19.3 Å². The zero-order chi connectivity index (χ0) is 31.2. The van der Waals surface area contributed by atoms with E-state index in [0.717, 1.165) is 58.5 Å². The molecule has 46 heavy (non-hydrogen) atoms. The Morgan fingerprint density at radius 3 is 1.17 bits per heavy atom. The molecule has 0 amide bonds. The van der Waals surface area contributed by atoms with E-state index in [1.807, 2.05) is 0 Å². The van der Waals surface area contributed by atoms with E-state index >= 15 is 0 Å². The molecule has 2 aromatic rings. The topological polar surface area (TPSA) is 146 Å². The number of hydrogen-bond donors (Lipinski definition) is 0. The van der Waals surface area contributed by atoms with Gasteiger partial charge in [0, 0.05) is 26.2 Å². The van der Waals surface area contributed by atoms with Crippen molar-refractivity contribution in [1.82, 2.24) is 9.80 Å². The molecule has 0 atom stereocenters. The highest BCUT2D eigenvalue weighted by Gasteiger charge is 2.20. The summed E-state index contributed by atoms with van der Waals surface area (Å²) in [5, 5.41) is 0. The lowest BCUT2D eigenvalue weighted by atomic mass is 10.2. The summed E-state index contributed by atoms with van der Waals surface area (Å²) in [6.45, 7) is 6.10. The maximum atomic E-state index is 12.6. The minimum atomic E-state index is -0.438. The lowest BCUT2D eigenvalue weighted by Gasteiger charge is -2.21. The first-order chi connectivity index (χ1) is 20.9. The van der Waals surface area contributed by atoms with Gasteiger partial charge in [-0.15, -0.1) is 24.8 Å². The molecule has 0 aromatic heterocycles. The van der Waals surface area contributed by atoms with Gasteiger partial charge in [-0.1, -0.05) is 0 Å².